The third-order valence-electron chi connectivity index (χ3n) is 15.5. The van der Waals surface area contributed by atoms with Crippen molar-refractivity contribution in [2.24, 2.45) is 4.99 Å². The molecular formula is C62H52N6O10S2. The van der Waals surface area contributed by atoms with Crippen molar-refractivity contribution >= 4 is 87.4 Å². The number of ether oxygens (including phenoxy) is 2. The highest BCUT2D eigenvalue weighted by Crippen LogP contribution is 2.56. The molecular weight excluding hydrogens is 1050 g/mol. The first-order chi connectivity index (χ1) is 38.5. The molecule has 13 rings (SSSR count). The van der Waals surface area contributed by atoms with Gasteiger partial charge in [0.1, 0.15) is 17.3 Å². The summed E-state index contributed by atoms with van der Waals surface area (Å²) in [5, 5.41) is 28.7. The summed E-state index contributed by atoms with van der Waals surface area (Å²) in [6.07, 6.45) is 3.85. The molecule has 0 saturated carbocycles. The highest BCUT2D eigenvalue weighted by atomic mass is 32.2. The van der Waals surface area contributed by atoms with E-state index in [1.807, 2.05) is 137 Å². The number of hydrogen-bond donors (Lipinski definition) is 6. The van der Waals surface area contributed by atoms with E-state index in [0.29, 0.717) is 59.0 Å². The van der Waals surface area contributed by atoms with Crippen molar-refractivity contribution in [3.63, 3.8) is 0 Å². The normalized spacial score (nSPS) is 18.5. The molecule has 18 heteroatoms. The lowest BCUT2D eigenvalue weighted by molar-refractivity contribution is -0.120. The summed E-state index contributed by atoms with van der Waals surface area (Å²) >= 11 is 0. The minimum absolute atomic E-state index is 0.0395. The van der Waals surface area contributed by atoms with Gasteiger partial charge in [0.2, 0.25) is 37.6 Å². The fourth-order valence-corrected chi connectivity index (χ4v) is 13.2. The zero-order valence-corrected chi connectivity index (χ0v) is 45.0. The molecule has 2 unspecified atom stereocenters. The van der Waals surface area contributed by atoms with Crippen molar-refractivity contribution in [2.45, 2.75) is 49.9 Å². The lowest BCUT2D eigenvalue weighted by atomic mass is 9.79. The van der Waals surface area contributed by atoms with Crippen molar-refractivity contribution < 1.29 is 45.8 Å². The second-order valence-corrected chi connectivity index (χ2v) is 24.3. The van der Waals surface area contributed by atoms with Gasteiger partial charge in [0, 0.05) is 68.0 Å². The predicted molar refractivity (Wildman–Crippen MR) is 307 cm³/mol. The fourth-order valence-electron chi connectivity index (χ4n) is 12.2. The number of aliphatic hydroxyl groups is 1. The van der Waals surface area contributed by atoms with E-state index >= 15 is 4.79 Å². The Morgan fingerprint density at radius 1 is 0.550 bits per heavy atom. The van der Waals surface area contributed by atoms with Crippen LogP contribution >= 0.6 is 0 Å². The molecule has 3 aliphatic carbocycles. The van der Waals surface area contributed by atoms with E-state index in [1.54, 1.807) is 0 Å². The molecule has 2 aliphatic heterocycles. The van der Waals surface area contributed by atoms with Gasteiger partial charge in [-0.3, -0.25) is 23.8 Å². The van der Waals surface area contributed by atoms with Crippen molar-refractivity contribution in [3.8, 4) is 33.8 Å². The maximum atomic E-state index is 15.3. The van der Waals surface area contributed by atoms with Gasteiger partial charge in [-0.25, -0.2) is 21.8 Å². The van der Waals surface area contributed by atoms with Crippen LogP contribution in [-0.4, -0.2) is 65.3 Å². The summed E-state index contributed by atoms with van der Waals surface area (Å²) in [6.45, 7) is 0.571. The number of allylic oxidation sites excluding steroid dienone is 2. The summed E-state index contributed by atoms with van der Waals surface area (Å²) in [7, 11) is -7.29. The molecule has 402 valence electrons. The lowest BCUT2D eigenvalue weighted by Crippen LogP contribution is -2.45. The number of hydrogen-bond acceptors (Lipinski definition) is 14. The first kappa shape index (κ1) is 50.5. The summed E-state index contributed by atoms with van der Waals surface area (Å²) in [5.74, 6) is -0.443. The van der Waals surface area contributed by atoms with Crippen LogP contribution < -0.4 is 45.4 Å². The highest BCUT2D eigenvalue weighted by molar-refractivity contribution is 7.89. The average Bonchev–Trinajstić information content (AvgIpc) is 4.06. The molecule has 6 N–H and O–H groups in total. The number of nitrogens with one attached hydrogen (secondary N) is 5. The van der Waals surface area contributed by atoms with Gasteiger partial charge in [-0.1, -0.05) is 109 Å². The molecule has 0 radical (unpaired) electrons. The van der Waals surface area contributed by atoms with Crippen molar-refractivity contribution in [2.75, 3.05) is 41.7 Å². The van der Waals surface area contributed by atoms with Crippen LogP contribution in [0.3, 0.4) is 0 Å². The van der Waals surface area contributed by atoms with Crippen LogP contribution in [0.1, 0.15) is 66.3 Å². The van der Waals surface area contributed by atoms with Crippen molar-refractivity contribution in [3.05, 3.63) is 190 Å². The smallest absolute Gasteiger partial charge is 0.233 e. The number of aliphatic hydroxyl groups excluding tert-OH is 1. The van der Waals surface area contributed by atoms with Crippen molar-refractivity contribution in [1.82, 2.24) is 9.44 Å². The van der Waals surface area contributed by atoms with Gasteiger partial charge in [-0.2, -0.15) is 0 Å². The SMILES string of the molecule is CS(=O)(=O)NC(=O)CCCCOc1ccc2c(c1)C1(N=c3/c(=C4/C(=O)C(c5ccc6cccc7c6c5NC5(N7)c6ccccc6-c6ccc(OCCCCC(=O)NS(C)(=O)=O)cc65)=C4O)ccc4cccc(c34)N1)c1ccccc1-2. The Labute approximate surface area is 460 Å². The minimum atomic E-state index is -3.64. The van der Waals surface area contributed by atoms with E-state index in [-0.39, 0.29) is 48.7 Å². The summed E-state index contributed by atoms with van der Waals surface area (Å²) < 4.78 is 62.6. The predicted octanol–water partition coefficient (Wildman–Crippen LogP) is 8.59. The van der Waals surface area contributed by atoms with Gasteiger partial charge >= 0.3 is 0 Å². The quantitative estimate of drug-likeness (QED) is 0.0529. The molecule has 8 aromatic carbocycles. The number of sulfonamides is 2. The monoisotopic (exact) mass is 1100 g/mol. The molecule has 80 heavy (non-hydrogen) atoms. The van der Waals surface area contributed by atoms with Crippen LogP contribution in [0.4, 0.5) is 17.1 Å². The van der Waals surface area contributed by atoms with E-state index < -0.39 is 43.2 Å². The minimum Gasteiger partial charge on any atom is -0.506 e. The number of nitrogens with zero attached hydrogens (tertiary/aromatic N) is 1. The largest absolute Gasteiger partial charge is 0.506 e. The molecule has 2 heterocycles. The Morgan fingerprint density at radius 3 is 1.73 bits per heavy atom. The Morgan fingerprint density at radius 2 is 1.09 bits per heavy atom. The molecule has 16 nitrogen and oxygen atoms in total. The molecule has 0 fully saturated rings. The summed E-state index contributed by atoms with van der Waals surface area (Å²) in [5.41, 5.74) is 8.35. The Hall–Kier alpha value is -9.00. The highest BCUT2D eigenvalue weighted by Gasteiger charge is 2.49. The van der Waals surface area contributed by atoms with Gasteiger partial charge < -0.3 is 30.5 Å². The molecule has 0 bridgehead atoms. The number of carbonyl (C=O) groups excluding carboxylic acids is 3. The van der Waals surface area contributed by atoms with E-state index in [0.717, 1.165) is 89.9 Å². The van der Waals surface area contributed by atoms with Gasteiger partial charge in [0.25, 0.3) is 0 Å². The van der Waals surface area contributed by atoms with Crippen LogP contribution in [-0.2, 0) is 45.8 Å². The number of anilines is 3. The second-order valence-electron chi connectivity index (χ2n) is 20.8. The average molecular weight is 1110 g/mol. The molecule has 0 saturated heterocycles. The summed E-state index contributed by atoms with van der Waals surface area (Å²) in [4.78, 5) is 45.2. The number of unbranched alkanes of at least 4 members (excludes halogenated alkanes) is 2. The topological polar surface area (TPSA) is 231 Å². The van der Waals surface area contributed by atoms with Gasteiger partial charge in [-0.05, 0) is 95.1 Å². The Balaban J connectivity index is 0.883. The number of benzene rings is 8. The number of Topliss-reactive ketones (excluding diaryl/α,β-unsaturated/α-hetero) is 1. The van der Waals surface area contributed by atoms with Crippen LogP contribution in [0.2, 0.25) is 0 Å². The zero-order chi connectivity index (χ0) is 55.3. The molecule has 8 aromatic rings. The number of ketones is 1. The molecule has 2 spiro atoms. The van der Waals surface area contributed by atoms with E-state index in [4.69, 9.17) is 14.5 Å². The number of fused-ring (bicyclic) bond motifs is 10. The maximum absolute atomic E-state index is 15.3. The van der Waals surface area contributed by atoms with Crippen LogP contribution in [0.25, 0.3) is 54.9 Å². The van der Waals surface area contributed by atoms with Gasteiger partial charge in [0.05, 0.1) is 47.9 Å². The van der Waals surface area contributed by atoms with E-state index in [1.165, 1.54) is 0 Å². The lowest BCUT2D eigenvalue weighted by Gasteiger charge is -2.41. The van der Waals surface area contributed by atoms with Crippen LogP contribution in [0.15, 0.2) is 156 Å². The summed E-state index contributed by atoms with van der Waals surface area (Å²) in [6, 6.07) is 47.6. The molecule has 0 aromatic heterocycles. The van der Waals surface area contributed by atoms with Gasteiger partial charge in [0.15, 0.2) is 11.3 Å². The van der Waals surface area contributed by atoms with Crippen LogP contribution in [0.5, 0.6) is 11.5 Å². The maximum Gasteiger partial charge on any atom is 0.233 e. The van der Waals surface area contributed by atoms with Crippen LogP contribution in [0, 0.1) is 0 Å². The number of carbonyl (C=O) groups is 3. The Bertz CT molecular complexity index is 4470. The zero-order valence-electron chi connectivity index (χ0n) is 43.4. The first-order valence-electron chi connectivity index (χ1n) is 26.3. The third-order valence-corrected chi connectivity index (χ3v) is 16.7. The Kier molecular flexibility index (Phi) is 11.9. The van der Waals surface area contributed by atoms with Crippen molar-refractivity contribution in [1.29, 1.82) is 0 Å². The van der Waals surface area contributed by atoms with E-state index in [9.17, 15) is 31.5 Å². The molecule has 5 aliphatic rings. The van der Waals surface area contributed by atoms with Gasteiger partial charge in [-0.15, -0.1) is 0 Å². The fraction of sp³-hybridized carbons (Fsp3) is 0.194. The van der Waals surface area contributed by atoms with E-state index in [2.05, 4.69) is 34.1 Å². The molecule has 2 atom stereocenters. The second kappa shape index (κ2) is 18.8. The third kappa shape index (κ3) is 8.39. The standard InChI is InChI=1S/C62H52N6O10S2/c1-79(73,74)67-51(69)21-7-9-31-77-37-25-29-41-39-15-3-5-17-45(39)61(47(41)33-37)63-49-19-11-13-35-23-27-43(57(65-61)53(35)49)55-59(71)56(60(55)72)44-28-24-36-14-12-20-50-54(36)58(44)66-62(64-50)46-18-6-4-16-40(46)42-30-26-38(34-48(42)62)78-32-10-8-22-52(70)68-80(2,75)76/h3-6,11-20,23-30,33-34,63-65,71H,7-10,21-22,31-32H2,1-2H3,(H,67,69)(H,68,70)/b56-44+. The number of rotatable bonds is 15. The molecule has 2 amide bonds. The number of amides is 2. The first-order valence-corrected chi connectivity index (χ1v) is 30.1.